The molecule has 176 valence electrons. The molecule has 0 radical (unpaired) electrons. The smallest absolute Gasteiger partial charge is 0.252 e. The number of nitrogens with zero attached hydrogens (tertiary/aromatic N) is 4. The van der Waals surface area contributed by atoms with Crippen LogP contribution in [-0.2, 0) is 19.5 Å². The van der Waals surface area contributed by atoms with Crippen LogP contribution in [0.15, 0.2) is 42.6 Å². The minimum atomic E-state index is 0.0157. The first kappa shape index (κ1) is 22.6. The summed E-state index contributed by atoms with van der Waals surface area (Å²) in [7, 11) is 0. The SMILES string of the molecule is CCn1c(C#N)cc2c1CCN(CCC1CCC(NC(=O)c3cccc4ncccc34)CC1)C2. The third kappa shape index (κ3) is 4.58. The normalized spacial score (nSPS) is 20.6. The highest BCUT2D eigenvalue weighted by atomic mass is 16.1. The minimum absolute atomic E-state index is 0.0157. The van der Waals surface area contributed by atoms with Gasteiger partial charge in [-0.2, -0.15) is 5.26 Å². The molecule has 0 bridgehead atoms. The third-order valence-electron chi connectivity index (χ3n) is 7.71. The number of fused-ring (bicyclic) bond motifs is 2. The number of nitriles is 1. The third-order valence-corrected chi connectivity index (χ3v) is 7.71. The van der Waals surface area contributed by atoms with Crippen molar-refractivity contribution in [2.75, 3.05) is 13.1 Å². The number of carbonyl (C=O) groups excluding carboxylic acids is 1. The molecule has 2 aliphatic rings. The van der Waals surface area contributed by atoms with Gasteiger partial charge in [-0.25, -0.2) is 0 Å². The topological polar surface area (TPSA) is 74.0 Å². The van der Waals surface area contributed by atoms with Crippen molar-refractivity contribution >= 4 is 16.8 Å². The molecule has 3 aromatic rings. The van der Waals surface area contributed by atoms with E-state index in [0.717, 1.165) is 68.0 Å². The van der Waals surface area contributed by atoms with Crippen LogP contribution < -0.4 is 5.32 Å². The van der Waals surface area contributed by atoms with Crippen molar-refractivity contribution in [2.45, 2.75) is 64.6 Å². The van der Waals surface area contributed by atoms with Gasteiger partial charge in [-0.05, 0) is 81.3 Å². The first-order valence-corrected chi connectivity index (χ1v) is 12.6. The van der Waals surface area contributed by atoms with Crippen molar-refractivity contribution in [3.63, 3.8) is 0 Å². The number of benzene rings is 1. The lowest BCUT2D eigenvalue weighted by molar-refractivity contribution is 0.0921. The van der Waals surface area contributed by atoms with Crippen molar-refractivity contribution in [1.82, 2.24) is 19.8 Å². The van der Waals surface area contributed by atoms with E-state index in [2.05, 4.69) is 38.8 Å². The van der Waals surface area contributed by atoms with Gasteiger partial charge in [0.05, 0.1) is 5.52 Å². The Morgan fingerprint density at radius 2 is 2.06 bits per heavy atom. The van der Waals surface area contributed by atoms with E-state index in [4.69, 9.17) is 0 Å². The van der Waals surface area contributed by atoms with Crippen molar-refractivity contribution < 1.29 is 4.79 Å². The summed E-state index contributed by atoms with van der Waals surface area (Å²) in [5, 5.41) is 13.6. The Labute approximate surface area is 201 Å². The molecule has 1 aromatic carbocycles. The number of amides is 1. The minimum Gasteiger partial charge on any atom is -0.349 e. The average Bonchev–Trinajstić information content (AvgIpc) is 3.25. The highest BCUT2D eigenvalue weighted by Crippen LogP contribution is 2.29. The highest BCUT2D eigenvalue weighted by Gasteiger charge is 2.26. The standard InChI is InChI=1S/C28H33N5O/c1-2-33-23(18-29)17-21-19-32(16-13-27(21)33)15-12-20-8-10-22(11-9-20)31-28(34)25-5-3-7-26-24(25)6-4-14-30-26/h3-7,14,17,20,22H,2,8-13,15-16,19H2,1H3,(H,31,34). The monoisotopic (exact) mass is 455 g/mol. The van der Waals surface area contributed by atoms with Crippen molar-refractivity contribution in [2.24, 2.45) is 5.92 Å². The number of rotatable bonds is 6. The van der Waals surface area contributed by atoms with Gasteiger partial charge in [0.15, 0.2) is 0 Å². The molecule has 34 heavy (non-hydrogen) atoms. The van der Waals surface area contributed by atoms with E-state index in [1.165, 1.54) is 30.5 Å². The maximum absolute atomic E-state index is 12.9. The van der Waals surface area contributed by atoms with Crippen LogP contribution in [0.1, 0.15) is 66.3 Å². The van der Waals surface area contributed by atoms with E-state index < -0.39 is 0 Å². The first-order chi connectivity index (χ1) is 16.7. The molecule has 1 fully saturated rings. The zero-order valence-electron chi connectivity index (χ0n) is 20.0. The van der Waals surface area contributed by atoms with Crippen LogP contribution in [0.4, 0.5) is 0 Å². The summed E-state index contributed by atoms with van der Waals surface area (Å²) in [6.45, 7) is 6.14. The Balaban J connectivity index is 1.10. The molecule has 1 amide bonds. The number of aromatic nitrogens is 2. The van der Waals surface area contributed by atoms with E-state index in [-0.39, 0.29) is 11.9 Å². The quantitative estimate of drug-likeness (QED) is 0.586. The predicted molar refractivity (Wildman–Crippen MR) is 133 cm³/mol. The van der Waals surface area contributed by atoms with E-state index in [9.17, 15) is 10.1 Å². The van der Waals surface area contributed by atoms with E-state index >= 15 is 0 Å². The van der Waals surface area contributed by atoms with Gasteiger partial charge in [0.1, 0.15) is 11.8 Å². The first-order valence-electron chi connectivity index (χ1n) is 12.6. The van der Waals surface area contributed by atoms with Crippen LogP contribution in [-0.4, -0.2) is 39.5 Å². The summed E-state index contributed by atoms with van der Waals surface area (Å²) in [4.78, 5) is 19.9. The summed E-state index contributed by atoms with van der Waals surface area (Å²) in [6.07, 6.45) is 8.46. The fourth-order valence-corrected chi connectivity index (χ4v) is 5.83. The van der Waals surface area contributed by atoms with E-state index in [1.807, 2.05) is 30.3 Å². The van der Waals surface area contributed by atoms with Gasteiger partial charge in [0.25, 0.3) is 5.91 Å². The van der Waals surface area contributed by atoms with Crippen LogP contribution in [0.25, 0.3) is 10.9 Å². The highest BCUT2D eigenvalue weighted by molar-refractivity contribution is 6.06. The van der Waals surface area contributed by atoms with Gasteiger partial charge in [0.2, 0.25) is 0 Å². The van der Waals surface area contributed by atoms with Gasteiger partial charge in [-0.3, -0.25) is 14.7 Å². The Kier molecular flexibility index (Phi) is 6.64. The van der Waals surface area contributed by atoms with Gasteiger partial charge >= 0.3 is 0 Å². The molecule has 0 unspecified atom stereocenters. The van der Waals surface area contributed by atoms with Crippen molar-refractivity contribution in [1.29, 1.82) is 5.26 Å². The summed E-state index contributed by atoms with van der Waals surface area (Å²) < 4.78 is 2.18. The molecule has 3 heterocycles. The molecule has 1 aliphatic heterocycles. The summed E-state index contributed by atoms with van der Waals surface area (Å²) in [5.41, 5.74) is 5.06. The zero-order chi connectivity index (χ0) is 23.5. The lowest BCUT2D eigenvalue weighted by Crippen LogP contribution is -2.38. The van der Waals surface area contributed by atoms with Crippen LogP contribution in [0.3, 0.4) is 0 Å². The zero-order valence-corrected chi connectivity index (χ0v) is 20.0. The summed E-state index contributed by atoms with van der Waals surface area (Å²) in [6, 6.07) is 14.3. The predicted octanol–water partition coefficient (Wildman–Crippen LogP) is 4.66. The molecule has 1 N–H and O–H groups in total. The summed E-state index contributed by atoms with van der Waals surface area (Å²) in [5.74, 6) is 0.744. The summed E-state index contributed by atoms with van der Waals surface area (Å²) >= 11 is 0. The molecule has 6 nitrogen and oxygen atoms in total. The van der Waals surface area contributed by atoms with Crippen LogP contribution in [0, 0.1) is 17.2 Å². The molecule has 0 spiro atoms. The molecule has 1 aliphatic carbocycles. The number of hydrogen-bond acceptors (Lipinski definition) is 4. The van der Waals surface area contributed by atoms with Crippen molar-refractivity contribution in [3.8, 4) is 6.07 Å². The average molecular weight is 456 g/mol. The lowest BCUT2D eigenvalue weighted by Gasteiger charge is -2.32. The molecule has 2 aromatic heterocycles. The molecule has 0 saturated heterocycles. The van der Waals surface area contributed by atoms with Gasteiger partial charge in [0, 0.05) is 54.9 Å². The van der Waals surface area contributed by atoms with Gasteiger partial charge in [-0.1, -0.05) is 12.1 Å². The maximum Gasteiger partial charge on any atom is 0.252 e. The largest absolute Gasteiger partial charge is 0.349 e. The van der Waals surface area contributed by atoms with Gasteiger partial charge < -0.3 is 9.88 Å². The van der Waals surface area contributed by atoms with Gasteiger partial charge in [-0.15, -0.1) is 0 Å². The molecule has 5 rings (SSSR count). The van der Waals surface area contributed by atoms with Crippen LogP contribution in [0.2, 0.25) is 0 Å². The second kappa shape index (κ2) is 9.99. The lowest BCUT2D eigenvalue weighted by atomic mass is 9.83. The Morgan fingerprint density at radius 3 is 2.85 bits per heavy atom. The second-order valence-electron chi connectivity index (χ2n) is 9.74. The Bertz CT molecular complexity index is 1210. The van der Waals surface area contributed by atoms with E-state index in [0.29, 0.717) is 5.56 Å². The molecule has 6 heteroatoms. The fraction of sp³-hybridized carbons (Fsp3) is 0.464. The molecular weight excluding hydrogens is 422 g/mol. The number of pyridine rings is 1. The number of carbonyl (C=O) groups is 1. The van der Waals surface area contributed by atoms with E-state index in [1.54, 1.807) is 6.20 Å². The van der Waals surface area contributed by atoms with Crippen LogP contribution >= 0.6 is 0 Å². The maximum atomic E-state index is 12.9. The number of nitrogens with one attached hydrogen (secondary N) is 1. The fourth-order valence-electron chi connectivity index (χ4n) is 5.83. The Hall–Kier alpha value is -3.17. The second-order valence-corrected chi connectivity index (χ2v) is 9.74. The molecular formula is C28H33N5O. The number of hydrogen-bond donors (Lipinski definition) is 1. The van der Waals surface area contributed by atoms with Crippen molar-refractivity contribution in [3.05, 3.63) is 65.1 Å². The molecule has 1 saturated carbocycles. The van der Waals surface area contributed by atoms with Crippen LogP contribution in [0.5, 0.6) is 0 Å². The Morgan fingerprint density at radius 1 is 1.21 bits per heavy atom. The molecule has 0 atom stereocenters.